The number of aromatic nitrogens is 4. The second-order valence-electron chi connectivity index (χ2n) is 5.44. The average Bonchev–Trinajstić information content (AvgIpc) is 2.86. The van der Waals surface area contributed by atoms with E-state index in [9.17, 15) is 4.79 Å². The first-order chi connectivity index (χ1) is 8.42. The van der Waals surface area contributed by atoms with Gasteiger partial charge < -0.3 is 9.84 Å². The molecule has 0 saturated carbocycles. The number of tetrazole rings is 1. The quantitative estimate of drug-likeness (QED) is 0.857. The summed E-state index contributed by atoms with van der Waals surface area (Å²) in [6.45, 7) is 6.32. The first-order valence-corrected chi connectivity index (χ1v) is 6.03. The third-order valence-electron chi connectivity index (χ3n) is 3.33. The summed E-state index contributed by atoms with van der Waals surface area (Å²) < 4.78 is 7.16. The van der Waals surface area contributed by atoms with E-state index in [1.165, 1.54) is 0 Å². The Morgan fingerprint density at radius 2 is 2.33 bits per heavy atom. The molecule has 2 unspecified atom stereocenters. The minimum absolute atomic E-state index is 0.135. The van der Waals surface area contributed by atoms with Crippen LogP contribution in [0.25, 0.3) is 0 Å². The third kappa shape index (κ3) is 2.35. The number of rotatable bonds is 4. The molecule has 0 amide bonds. The molecule has 7 heteroatoms. The van der Waals surface area contributed by atoms with Crippen molar-refractivity contribution >= 4 is 5.97 Å². The lowest BCUT2D eigenvalue weighted by Gasteiger charge is -2.21. The van der Waals surface area contributed by atoms with Gasteiger partial charge in [-0.15, -0.1) is 5.10 Å². The van der Waals surface area contributed by atoms with E-state index in [-0.39, 0.29) is 12.6 Å². The summed E-state index contributed by atoms with van der Waals surface area (Å²) in [6, 6.07) is 0. The highest BCUT2D eigenvalue weighted by atomic mass is 16.5. The number of carboxylic acid groups (broad SMARTS) is 1. The van der Waals surface area contributed by atoms with Gasteiger partial charge in [0.15, 0.2) is 5.82 Å². The molecule has 7 nitrogen and oxygen atoms in total. The van der Waals surface area contributed by atoms with E-state index in [0.29, 0.717) is 18.3 Å². The zero-order chi connectivity index (χ0) is 13.3. The fourth-order valence-electron chi connectivity index (χ4n) is 2.00. The molecule has 1 N–H and O–H groups in total. The number of hydrogen-bond acceptors (Lipinski definition) is 5. The van der Waals surface area contributed by atoms with Crippen LogP contribution in [0.3, 0.4) is 0 Å². The SMILES string of the molecule is CC1CCOC1c1nnnn1CC(C)(C)C(=O)O. The maximum absolute atomic E-state index is 11.1. The molecule has 1 fully saturated rings. The Balaban J connectivity index is 2.20. The van der Waals surface area contributed by atoms with Crippen LogP contribution in [0.2, 0.25) is 0 Å². The van der Waals surface area contributed by atoms with E-state index in [0.717, 1.165) is 6.42 Å². The van der Waals surface area contributed by atoms with Crippen LogP contribution in [-0.2, 0) is 16.1 Å². The molecular weight excluding hydrogens is 236 g/mol. The molecule has 0 aliphatic carbocycles. The number of aliphatic carboxylic acids is 1. The fourth-order valence-corrected chi connectivity index (χ4v) is 2.00. The number of nitrogens with zero attached hydrogens (tertiary/aromatic N) is 4. The minimum atomic E-state index is -0.911. The lowest BCUT2D eigenvalue weighted by Crippen LogP contribution is -2.31. The van der Waals surface area contributed by atoms with Crippen LogP contribution in [0, 0.1) is 11.3 Å². The molecule has 1 aromatic heterocycles. The van der Waals surface area contributed by atoms with Crippen LogP contribution in [0.4, 0.5) is 0 Å². The van der Waals surface area contributed by atoms with Crippen molar-refractivity contribution in [1.29, 1.82) is 0 Å². The highest BCUT2D eigenvalue weighted by molar-refractivity contribution is 5.73. The summed E-state index contributed by atoms with van der Waals surface area (Å²) in [7, 11) is 0. The summed E-state index contributed by atoms with van der Waals surface area (Å²) in [6.07, 6.45) is 0.837. The first kappa shape index (κ1) is 12.9. The predicted molar refractivity (Wildman–Crippen MR) is 61.7 cm³/mol. The molecule has 2 atom stereocenters. The molecule has 1 aliphatic heterocycles. The smallest absolute Gasteiger partial charge is 0.310 e. The highest BCUT2D eigenvalue weighted by Gasteiger charge is 2.34. The van der Waals surface area contributed by atoms with E-state index >= 15 is 0 Å². The number of carbonyl (C=O) groups is 1. The van der Waals surface area contributed by atoms with Gasteiger partial charge >= 0.3 is 5.97 Å². The van der Waals surface area contributed by atoms with Crippen molar-refractivity contribution in [2.45, 2.75) is 39.8 Å². The highest BCUT2D eigenvalue weighted by Crippen LogP contribution is 2.33. The average molecular weight is 254 g/mol. The first-order valence-electron chi connectivity index (χ1n) is 6.03. The standard InChI is InChI=1S/C11H18N4O3/c1-7-4-5-18-8(7)9-12-13-14-15(9)6-11(2,3)10(16)17/h7-8H,4-6H2,1-3H3,(H,16,17). The normalized spacial score (nSPS) is 24.4. The number of hydrogen-bond donors (Lipinski definition) is 1. The Labute approximate surface area is 105 Å². The molecule has 0 aromatic carbocycles. The topological polar surface area (TPSA) is 90.1 Å². The van der Waals surface area contributed by atoms with E-state index < -0.39 is 11.4 Å². The fraction of sp³-hybridized carbons (Fsp3) is 0.818. The van der Waals surface area contributed by atoms with Crippen molar-refractivity contribution < 1.29 is 14.6 Å². The third-order valence-corrected chi connectivity index (χ3v) is 3.33. The van der Waals surface area contributed by atoms with Crippen molar-refractivity contribution in [1.82, 2.24) is 20.2 Å². The van der Waals surface area contributed by atoms with Gasteiger partial charge in [-0.05, 0) is 36.6 Å². The second kappa shape index (κ2) is 4.64. The van der Waals surface area contributed by atoms with Gasteiger partial charge in [0.05, 0.1) is 12.0 Å². The van der Waals surface area contributed by atoms with Crippen molar-refractivity contribution in [3.8, 4) is 0 Å². The van der Waals surface area contributed by atoms with Crippen LogP contribution < -0.4 is 0 Å². The number of ether oxygens (including phenoxy) is 1. The lowest BCUT2D eigenvalue weighted by molar-refractivity contribution is -0.147. The molecule has 18 heavy (non-hydrogen) atoms. The maximum atomic E-state index is 11.1. The lowest BCUT2D eigenvalue weighted by atomic mass is 9.93. The summed E-state index contributed by atoms with van der Waals surface area (Å²) >= 11 is 0. The molecule has 0 bridgehead atoms. The summed E-state index contributed by atoms with van der Waals surface area (Å²) in [5.41, 5.74) is -0.911. The van der Waals surface area contributed by atoms with Crippen LogP contribution in [-0.4, -0.2) is 37.9 Å². The van der Waals surface area contributed by atoms with Gasteiger partial charge in [0, 0.05) is 6.61 Å². The van der Waals surface area contributed by atoms with Gasteiger partial charge in [0.25, 0.3) is 0 Å². The Morgan fingerprint density at radius 1 is 1.61 bits per heavy atom. The molecule has 2 rings (SSSR count). The maximum Gasteiger partial charge on any atom is 0.310 e. The van der Waals surface area contributed by atoms with E-state index in [2.05, 4.69) is 22.4 Å². The van der Waals surface area contributed by atoms with E-state index in [4.69, 9.17) is 9.84 Å². The molecule has 1 saturated heterocycles. The zero-order valence-corrected chi connectivity index (χ0v) is 10.8. The number of carboxylic acids is 1. The minimum Gasteiger partial charge on any atom is -0.481 e. The summed E-state index contributed by atoms with van der Waals surface area (Å²) in [5.74, 6) is 0.0985. The predicted octanol–water partition coefficient (Wildman–Crippen LogP) is 0.881. The molecule has 0 radical (unpaired) electrons. The van der Waals surface area contributed by atoms with Gasteiger partial charge in [0.1, 0.15) is 6.10 Å². The Hall–Kier alpha value is -1.50. The molecule has 1 aliphatic rings. The van der Waals surface area contributed by atoms with Gasteiger partial charge in [-0.3, -0.25) is 4.79 Å². The molecule has 0 spiro atoms. The Bertz CT molecular complexity index is 443. The van der Waals surface area contributed by atoms with Gasteiger partial charge in [-0.2, -0.15) is 0 Å². The van der Waals surface area contributed by atoms with Crippen LogP contribution in [0.15, 0.2) is 0 Å². The largest absolute Gasteiger partial charge is 0.481 e. The van der Waals surface area contributed by atoms with Gasteiger partial charge in [0.2, 0.25) is 0 Å². The second-order valence-corrected chi connectivity index (χ2v) is 5.44. The van der Waals surface area contributed by atoms with Gasteiger partial charge in [-0.25, -0.2) is 4.68 Å². The molecular formula is C11H18N4O3. The monoisotopic (exact) mass is 254 g/mol. The summed E-state index contributed by atoms with van der Waals surface area (Å²) in [4.78, 5) is 11.1. The van der Waals surface area contributed by atoms with Gasteiger partial charge in [-0.1, -0.05) is 6.92 Å². The van der Waals surface area contributed by atoms with Crippen LogP contribution in [0.1, 0.15) is 39.1 Å². The van der Waals surface area contributed by atoms with Crippen molar-refractivity contribution in [3.05, 3.63) is 5.82 Å². The molecule has 2 heterocycles. The zero-order valence-electron chi connectivity index (χ0n) is 10.8. The Kier molecular flexibility index (Phi) is 3.34. The van der Waals surface area contributed by atoms with Crippen LogP contribution in [0.5, 0.6) is 0 Å². The van der Waals surface area contributed by atoms with E-state index in [1.807, 2.05) is 0 Å². The van der Waals surface area contributed by atoms with Crippen molar-refractivity contribution in [2.75, 3.05) is 6.61 Å². The molecule has 100 valence electrons. The van der Waals surface area contributed by atoms with E-state index in [1.54, 1.807) is 18.5 Å². The molecule has 1 aromatic rings. The summed E-state index contributed by atoms with van der Waals surface area (Å²) in [5, 5.41) is 20.6. The van der Waals surface area contributed by atoms with Crippen LogP contribution >= 0.6 is 0 Å². The van der Waals surface area contributed by atoms with Crippen molar-refractivity contribution in [3.63, 3.8) is 0 Å². The Morgan fingerprint density at radius 3 is 2.89 bits per heavy atom. The van der Waals surface area contributed by atoms with Crippen molar-refractivity contribution in [2.24, 2.45) is 11.3 Å².